The normalized spacial score (nSPS) is 14.5. The van der Waals surface area contributed by atoms with Crippen LogP contribution in [0.1, 0.15) is 109 Å². The van der Waals surface area contributed by atoms with Gasteiger partial charge < -0.3 is 65.8 Å². The number of carboxylic acid groups (broad SMARTS) is 1. The van der Waals surface area contributed by atoms with E-state index in [1.54, 1.807) is 40.0 Å². The van der Waals surface area contributed by atoms with Gasteiger partial charge >= 0.3 is 12.0 Å². The van der Waals surface area contributed by atoms with Crippen molar-refractivity contribution in [3.63, 3.8) is 0 Å². The van der Waals surface area contributed by atoms with Crippen LogP contribution in [0, 0.1) is 36.4 Å². The molecule has 6 aromatic rings. The molecule has 5 heterocycles. The van der Waals surface area contributed by atoms with Crippen LogP contribution >= 0.6 is 22.7 Å². The molecule has 0 radical (unpaired) electrons. The number of carboxylic acids is 1. The highest BCUT2D eigenvalue weighted by atomic mass is 32.1. The Hall–Kier alpha value is -8.72. The third-order valence-electron chi connectivity index (χ3n) is 16.0. The minimum Gasteiger partial charge on any atom is -0.491 e. The molecule has 0 saturated carbocycles. The van der Waals surface area contributed by atoms with E-state index in [9.17, 15) is 38.7 Å². The number of urea groups is 1. The van der Waals surface area contributed by atoms with E-state index in [0.717, 1.165) is 50.2 Å². The number of primary amides is 1. The number of thiazole rings is 2. The number of aryl methyl sites for hydroxylation is 2. The Morgan fingerprint density at radius 3 is 2.42 bits per heavy atom. The molecular weight excluding hydrogens is 1260 g/mol. The number of ether oxygens (including phenoxy) is 4. The smallest absolute Gasteiger partial charge is 0.355 e. The average Bonchev–Trinajstić information content (AvgIpc) is 1.76. The van der Waals surface area contributed by atoms with Crippen molar-refractivity contribution in [2.75, 3.05) is 103 Å². The van der Waals surface area contributed by atoms with Gasteiger partial charge in [0.25, 0.3) is 0 Å². The molecule has 0 aliphatic carbocycles. The number of carbonyl (C=O) groups excluding carboxylic acids is 6. The summed E-state index contributed by atoms with van der Waals surface area (Å²) in [5.41, 5.74) is 10.9. The van der Waals surface area contributed by atoms with Gasteiger partial charge in [0.15, 0.2) is 39.2 Å². The minimum absolute atomic E-state index is 0.0192. The summed E-state index contributed by atoms with van der Waals surface area (Å²) in [4.78, 5) is 102. The lowest BCUT2D eigenvalue weighted by atomic mass is 10.00. The van der Waals surface area contributed by atoms with Gasteiger partial charge in [-0.25, -0.2) is 23.9 Å². The number of fused-ring (bicyclic) bond motifs is 2. The van der Waals surface area contributed by atoms with Crippen LogP contribution < -0.4 is 42.0 Å². The van der Waals surface area contributed by atoms with Gasteiger partial charge in [0.1, 0.15) is 25.2 Å². The van der Waals surface area contributed by atoms with Gasteiger partial charge in [-0.2, -0.15) is 0 Å². The summed E-state index contributed by atoms with van der Waals surface area (Å²) in [6, 6.07) is 15.2. The van der Waals surface area contributed by atoms with Crippen LogP contribution in [0.25, 0.3) is 10.2 Å². The number of nitrogens with two attached hydrogens (primary N) is 1. The van der Waals surface area contributed by atoms with Crippen LogP contribution in [0.4, 0.5) is 36.8 Å². The van der Waals surface area contributed by atoms with E-state index >= 15 is 4.39 Å². The molecule has 8 rings (SSSR count). The zero-order valence-electron chi connectivity index (χ0n) is 54.8. The Kier molecular flexibility index (Phi) is 26.3. The Morgan fingerprint density at radius 2 is 1.68 bits per heavy atom. The van der Waals surface area contributed by atoms with Crippen molar-refractivity contribution in [2.24, 2.45) is 17.6 Å². The Balaban J connectivity index is 0.851. The average molecular weight is 1350 g/mol. The molecule has 95 heavy (non-hydrogen) atoms. The van der Waals surface area contributed by atoms with Gasteiger partial charge in [-0.3, -0.25) is 28.9 Å². The number of hydrogen-bond acceptors (Lipinski definition) is 19. The lowest BCUT2D eigenvalue weighted by Crippen LogP contribution is -2.54. The van der Waals surface area contributed by atoms with E-state index in [-0.39, 0.29) is 93.7 Å². The van der Waals surface area contributed by atoms with Crippen molar-refractivity contribution < 1.29 is 66.5 Å². The predicted molar refractivity (Wildman–Crippen MR) is 359 cm³/mol. The van der Waals surface area contributed by atoms with Crippen LogP contribution in [-0.4, -0.2) is 175 Å². The summed E-state index contributed by atoms with van der Waals surface area (Å²) >= 11 is 2.82. The number of aromatic carboxylic acids is 1. The molecule has 28 heteroatoms. The summed E-state index contributed by atoms with van der Waals surface area (Å²) in [5.74, 6) is 3.01. The van der Waals surface area contributed by atoms with Crippen molar-refractivity contribution in [2.45, 2.75) is 111 Å². The van der Waals surface area contributed by atoms with E-state index in [1.807, 2.05) is 62.3 Å². The fraction of sp³-hybridized carbons (Fsp3) is 0.478. The number of para-hydroxylation sites is 1. The maximum Gasteiger partial charge on any atom is 0.355 e. The highest BCUT2D eigenvalue weighted by Crippen LogP contribution is 2.39. The van der Waals surface area contributed by atoms with Crippen molar-refractivity contribution in [3.8, 4) is 17.6 Å². The number of anilines is 5. The first-order chi connectivity index (χ1) is 45.6. The van der Waals surface area contributed by atoms with Gasteiger partial charge in [-0.15, -0.1) is 21.5 Å². The number of amides is 7. The van der Waals surface area contributed by atoms with Crippen molar-refractivity contribution in [3.05, 3.63) is 105 Å². The fourth-order valence-corrected chi connectivity index (χ4v) is 12.9. The van der Waals surface area contributed by atoms with E-state index < -0.39 is 47.6 Å². The molecule has 2 aliphatic rings. The second-order valence-electron chi connectivity index (χ2n) is 24.4. The predicted octanol–water partition coefficient (Wildman–Crippen LogP) is 7.57. The lowest BCUT2D eigenvalue weighted by molar-refractivity contribution is -0.896. The monoisotopic (exact) mass is 1350 g/mol. The van der Waals surface area contributed by atoms with E-state index in [4.69, 9.17) is 24.7 Å². The fourth-order valence-electron chi connectivity index (χ4n) is 10.9. The van der Waals surface area contributed by atoms with Gasteiger partial charge in [-0.05, 0) is 118 Å². The van der Waals surface area contributed by atoms with E-state index in [2.05, 4.69) is 58.6 Å². The Labute approximate surface area is 560 Å². The minimum atomic E-state index is -1.14. The number of likely N-dealkylation sites (tertiary alicyclic amines) is 1. The summed E-state index contributed by atoms with van der Waals surface area (Å²) in [6.45, 7) is 10.4. The molecule has 1 fully saturated rings. The molecule has 0 bridgehead atoms. The molecule has 0 spiro atoms. The number of halogens is 1. The largest absolute Gasteiger partial charge is 0.491 e. The first kappa shape index (κ1) is 72.1. The zero-order valence-corrected chi connectivity index (χ0v) is 56.4. The zero-order chi connectivity index (χ0) is 68.2. The number of nitrogens with zero attached hydrogens (tertiary/aromatic N) is 7. The number of carbonyl (C=O) groups is 7. The number of quaternary nitrogens is 1. The first-order valence-electron chi connectivity index (χ1n) is 31.8. The number of benzene rings is 3. The van der Waals surface area contributed by atoms with Crippen LogP contribution in [0.15, 0.2) is 60.7 Å². The summed E-state index contributed by atoms with van der Waals surface area (Å²) in [5, 5.41) is 34.9. The quantitative estimate of drug-likeness (QED) is 0.00873. The molecule has 8 N–H and O–H groups in total. The highest BCUT2D eigenvalue weighted by molar-refractivity contribution is 7.22. The second kappa shape index (κ2) is 34.6. The third kappa shape index (κ3) is 20.6. The SMILES string of the molecule is COCCOCCCc1cc(NC(=O)[C@H](CCCNC(N)=O)NC(=O)[C@@H](NC(=O)CCOCCN2C(=O)CC(C)C2=O)C(C)C)ccc1C[N+](C)(C)CC#Cc1ccc(OCCCc2sc(N3CCCc4c3nnc(Nc3nc5ccccc5s3)c4C)nc2C(=O)O)c(F)c1. The number of rotatable bonds is 35. The van der Waals surface area contributed by atoms with E-state index in [0.29, 0.717) is 108 Å². The van der Waals surface area contributed by atoms with Crippen LogP contribution in [0.2, 0.25) is 0 Å². The molecule has 3 aromatic heterocycles. The summed E-state index contributed by atoms with van der Waals surface area (Å²) < 4.78 is 39.4. The van der Waals surface area contributed by atoms with Gasteiger partial charge in [0.05, 0.1) is 63.9 Å². The number of methoxy groups -OCH3 is 1. The third-order valence-corrected chi connectivity index (χ3v) is 18.1. The molecule has 25 nitrogen and oxygen atoms in total. The molecular formula is C67H85FN13O12S2+. The standard InChI is InChI=1S/C67H84FN13O12S2/c1-41(2)57(74-55(82)26-33-92-34-29-79-56(83)37-42(3)63(79)86)62(85)72-51(19-10-27-70-65(69)89)61(84)71-47-24-23-46(45(39-47)16-13-31-91-36-35-90-7)40-81(5,6)30-12-15-44-22-25-52(49(68)38-44)93-32-14-21-54-58(64(87)88)75-67(95-54)80-28-11-17-48-43(4)59(77-78-60(48)80)76-66-73-50-18-8-9-20-53(50)94-66/h8-9,18,20,22-25,38-39,41-42,51,57H,10-11,13-14,16-17,19,21,26-37,40H2,1-7H3,(H7-,69,70,71,72,73,74,76,77,82,84,85,87,88,89)/p+1/t42?,51-,57-/m0/s1. The van der Waals surface area contributed by atoms with E-state index in [1.165, 1.54) is 34.8 Å². The van der Waals surface area contributed by atoms with Gasteiger partial charge in [0.2, 0.25) is 29.5 Å². The van der Waals surface area contributed by atoms with Crippen molar-refractivity contribution in [1.82, 2.24) is 41.0 Å². The first-order valence-corrected chi connectivity index (χ1v) is 33.5. The number of aromatic nitrogens is 4. The molecule has 3 atom stereocenters. The van der Waals surface area contributed by atoms with Gasteiger partial charge in [0, 0.05) is 78.4 Å². The lowest BCUT2D eigenvalue weighted by Gasteiger charge is -2.29. The number of nitrogens with one attached hydrogen (secondary N) is 5. The topological polar surface area (TPSA) is 321 Å². The molecule has 1 unspecified atom stereocenters. The van der Waals surface area contributed by atoms with Crippen LogP contribution in [0.5, 0.6) is 5.75 Å². The number of hydrogen-bond donors (Lipinski definition) is 7. The molecule has 1 saturated heterocycles. The van der Waals surface area contributed by atoms with Crippen LogP contribution in [-0.2, 0) is 64.0 Å². The maximum absolute atomic E-state index is 15.6. The Bertz CT molecular complexity index is 3740. The molecule has 7 amide bonds. The molecule has 2 aliphatic heterocycles. The van der Waals surface area contributed by atoms with Crippen molar-refractivity contribution in [1.29, 1.82) is 0 Å². The van der Waals surface area contributed by atoms with Crippen LogP contribution in [0.3, 0.4) is 0 Å². The second-order valence-corrected chi connectivity index (χ2v) is 26.5. The molecule has 508 valence electrons. The summed E-state index contributed by atoms with van der Waals surface area (Å²) in [6.07, 6.45) is 4.01. The van der Waals surface area contributed by atoms with Gasteiger partial charge in [-0.1, -0.05) is 56.2 Å². The van der Waals surface area contributed by atoms with Crippen molar-refractivity contribution >= 4 is 102 Å². The molecule has 3 aromatic carbocycles. The number of imide groups is 1. The Morgan fingerprint density at radius 1 is 0.895 bits per heavy atom. The highest BCUT2D eigenvalue weighted by Gasteiger charge is 2.36. The summed E-state index contributed by atoms with van der Waals surface area (Å²) in [7, 11) is 5.66. The maximum atomic E-state index is 15.6.